The quantitative estimate of drug-likeness (QED) is 0.782. The van der Waals surface area contributed by atoms with Gasteiger partial charge in [-0.3, -0.25) is 0 Å². The van der Waals surface area contributed by atoms with E-state index < -0.39 is 0 Å². The maximum atomic E-state index is 6.03. The molecule has 0 aliphatic carbocycles. The van der Waals surface area contributed by atoms with Crippen molar-refractivity contribution in [1.29, 1.82) is 0 Å². The summed E-state index contributed by atoms with van der Waals surface area (Å²) in [6, 6.07) is 5.43. The van der Waals surface area contributed by atoms with Gasteiger partial charge in [-0.2, -0.15) is 0 Å². The molecule has 0 bridgehead atoms. The van der Waals surface area contributed by atoms with Crippen LogP contribution in [0, 0.1) is 0 Å². The van der Waals surface area contributed by atoms with E-state index in [0.717, 1.165) is 5.56 Å². The zero-order chi connectivity index (χ0) is 12.0. The summed E-state index contributed by atoms with van der Waals surface area (Å²) in [7, 11) is 0. The van der Waals surface area contributed by atoms with E-state index in [1.54, 1.807) is 6.07 Å². The smallest absolute Gasteiger partial charge is 0.0785 e. The molecule has 1 aromatic rings. The highest BCUT2D eigenvalue weighted by molar-refractivity contribution is 6.31. The van der Waals surface area contributed by atoms with Crippen molar-refractivity contribution in [3.8, 4) is 0 Å². The second kappa shape index (κ2) is 6.74. The normalized spacial score (nSPS) is 12.7. The molecule has 16 heavy (non-hydrogen) atoms. The fraction of sp³-hybridized carbons (Fsp3) is 0.500. The number of benzene rings is 1. The Morgan fingerprint density at radius 1 is 1.44 bits per heavy atom. The van der Waals surface area contributed by atoms with E-state index in [4.69, 9.17) is 26.8 Å². The molecule has 1 atom stereocenters. The monoisotopic (exact) mass is 243 g/mol. The lowest BCUT2D eigenvalue weighted by atomic mass is 10.2. The van der Waals surface area contributed by atoms with Gasteiger partial charge in [0.05, 0.1) is 19.3 Å². The number of nitrogens with two attached hydrogens (primary N) is 1. The summed E-state index contributed by atoms with van der Waals surface area (Å²) in [5.41, 5.74) is 7.21. The molecule has 0 aliphatic rings. The molecule has 0 saturated heterocycles. The predicted molar refractivity (Wildman–Crippen MR) is 66.6 cm³/mol. The third kappa shape index (κ3) is 4.39. The van der Waals surface area contributed by atoms with Gasteiger partial charge in [-0.25, -0.2) is 0 Å². The van der Waals surface area contributed by atoms with Crippen molar-refractivity contribution in [3.63, 3.8) is 0 Å². The highest BCUT2D eigenvalue weighted by atomic mass is 35.5. The van der Waals surface area contributed by atoms with Crippen molar-refractivity contribution < 1.29 is 9.47 Å². The third-order valence-corrected chi connectivity index (χ3v) is 2.51. The summed E-state index contributed by atoms with van der Waals surface area (Å²) in [4.78, 5) is 0. The Balaban J connectivity index is 2.42. The molecule has 3 nitrogen and oxygen atoms in total. The van der Waals surface area contributed by atoms with Crippen LogP contribution in [0.1, 0.15) is 19.4 Å². The summed E-state index contributed by atoms with van der Waals surface area (Å²) in [6.07, 6.45) is 0.0635. The molecule has 1 unspecified atom stereocenters. The molecule has 0 amide bonds. The maximum Gasteiger partial charge on any atom is 0.0785 e. The second-order valence-electron chi connectivity index (χ2n) is 3.63. The van der Waals surface area contributed by atoms with Crippen LogP contribution in [0.15, 0.2) is 18.2 Å². The SMILES string of the molecule is CCOCC(C)OCc1ccc(N)cc1Cl. The predicted octanol–water partition coefficient (Wildman–Crippen LogP) is 2.86. The van der Waals surface area contributed by atoms with Gasteiger partial charge in [0.15, 0.2) is 0 Å². The fourth-order valence-corrected chi connectivity index (χ4v) is 1.49. The zero-order valence-corrected chi connectivity index (χ0v) is 10.5. The van der Waals surface area contributed by atoms with E-state index in [1.807, 2.05) is 26.0 Å². The van der Waals surface area contributed by atoms with Crippen LogP contribution in [0.3, 0.4) is 0 Å². The molecule has 1 rings (SSSR count). The van der Waals surface area contributed by atoms with Crippen molar-refractivity contribution in [2.45, 2.75) is 26.6 Å². The van der Waals surface area contributed by atoms with Gasteiger partial charge in [-0.1, -0.05) is 17.7 Å². The van der Waals surface area contributed by atoms with Gasteiger partial charge >= 0.3 is 0 Å². The highest BCUT2D eigenvalue weighted by Gasteiger charge is 2.05. The molecular weight excluding hydrogens is 226 g/mol. The van der Waals surface area contributed by atoms with Crippen LogP contribution in [-0.2, 0) is 16.1 Å². The van der Waals surface area contributed by atoms with Crippen molar-refractivity contribution in [2.24, 2.45) is 0 Å². The van der Waals surface area contributed by atoms with Gasteiger partial charge in [0, 0.05) is 17.3 Å². The number of hydrogen-bond donors (Lipinski definition) is 1. The van der Waals surface area contributed by atoms with E-state index in [-0.39, 0.29) is 6.10 Å². The van der Waals surface area contributed by atoms with Gasteiger partial charge in [0.25, 0.3) is 0 Å². The summed E-state index contributed by atoms with van der Waals surface area (Å²) in [5.74, 6) is 0. The third-order valence-electron chi connectivity index (χ3n) is 2.16. The largest absolute Gasteiger partial charge is 0.399 e. The zero-order valence-electron chi connectivity index (χ0n) is 9.70. The number of hydrogen-bond acceptors (Lipinski definition) is 3. The van der Waals surface area contributed by atoms with Crippen LogP contribution in [0.2, 0.25) is 5.02 Å². The van der Waals surface area contributed by atoms with Crippen LogP contribution < -0.4 is 5.73 Å². The van der Waals surface area contributed by atoms with Gasteiger partial charge < -0.3 is 15.2 Å². The molecule has 90 valence electrons. The number of ether oxygens (including phenoxy) is 2. The lowest BCUT2D eigenvalue weighted by Crippen LogP contribution is -2.15. The van der Waals surface area contributed by atoms with E-state index in [0.29, 0.717) is 30.5 Å². The molecule has 0 heterocycles. The van der Waals surface area contributed by atoms with Crippen molar-refractivity contribution in [2.75, 3.05) is 18.9 Å². The maximum absolute atomic E-state index is 6.03. The lowest BCUT2D eigenvalue weighted by molar-refractivity contribution is -0.0116. The van der Waals surface area contributed by atoms with Crippen LogP contribution in [0.25, 0.3) is 0 Å². The minimum atomic E-state index is 0.0635. The van der Waals surface area contributed by atoms with Gasteiger partial charge in [-0.05, 0) is 31.5 Å². The van der Waals surface area contributed by atoms with Crippen LogP contribution in [-0.4, -0.2) is 19.3 Å². The average molecular weight is 244 g/mol. The summed E-state index contributed by atoms with van der Waals surface area (Å²) in [5, 5.41) is 0.642. The van der Waals surface area contributed by atoms with Crippen LogP contribution >= 0.6 is 11.6 Å². The van der Waals surface area contributed by atoms with Crippen LogP contribution in [0.4, 0.5) is 5.69 Å². The van der Waals surface area contributed by atoms with Crippen LogP contribution in [0.5, 0.6) is 0 Å². The molecule has 0 aliphatic heterocycles. The minimum Gasteiger partial charge on any atom is -0.399 e. The Morgan fingerprint density at radius 2 is 2.19 bits per heavy atom. The Morgan fingerprint density at radius 3 is 2.81 bits per heavy atom. The van der Waals surface area contributed by atoms with E-state index in [9.17, 15) is 0 Å². The van der Waals surface area contributed by atoms with Gasteiger partial charge in [-0.15, -0.1) is 0 Å². The number of halogens is 1. The molecule has 0 aromatic heterocycles. The molecule has 1 aromatic carbocycles. The van der Waals surface area contributed by atoms with Crippen molar-refractivity contribution >= 4 is 17.3 Å². The Bertz CT molecular complexity index is 331. The Labute approximate surface area is 101 Å². The molecule has 0 radical (unpaired) electrons. The van der Waals surface area contributed by atoms with E-state index >= 15 is 0 Å². The number of anilines is 1. The second-order valence-corrected chi connectivity index (χ2v) is 4.04. The summed E-state index contributed by atoms with van der Waals surface area (Å²) >= 11 is 6.03. The van der Waals surface area contributed by atoms with Crippen molar-refractivity contribution in [1.82, 2.24) is 0 Å². The average Bonchev–Trinajstić information content (AvgIpc) is 2.25. The first kappa shape index (κ1) is 13.3. The van der Waals surface area contributed by atoms with Crippen molar-refractivity contribution in [3.05, 3.63) is 28.8 Å². The topological polar surface area (TPSA) is 44.5 Å². The molecule has 2 N–H and O–H groups in total. The molecule has 0 spiro atoms. The van der Waals surface area contributed by atoms with Gasteiger partial charge in [0.2, 0.25) is 0 Å². The Hall–Kier alpha value is -0.770. The highest BCUT2D eigenvalue weighted by Crippen LogP contribution is 2.20. The van der Waals surface area contributed by atoms with E-state index in [2.05, 4.69) is 0 Å². The number of nitrogen functional groups attached to an aromatic ring is 1. The Kier molecular flexibility index (Phi) is 5.60. The standard InChI is InChI=1S/C12H18ClNO2/c1-3-15-7-9(2)16-8-10-4-5-11(14)6-12(10)13/h4-6,9H,3,7-8,14H2,1-2H3. The number of rotatable bonds is 6. The van der Waals surface area contributed by atoms with E-state index in [1.165, 1.54) is 0 Å². The first-order valence-corrected chi connectivity index (χ1v) is 5.74. The summed E-state index contributed by atoms with van der Waals surface area (Å²) < 4.78 is 10.9. The first-order chi connectivity index (χ1) is 7.63. The first-order valence-electron chi connectivity index (χ1n) is 5.36. The minimum absolute atomic E-state index is 0.0635. The molecular formula is C12H18ClNO2. The molecule has 0 saturated carbocycles. The lowest BCUT2D eigenvalue weighted by Gasteiger charge is -2.13. The van der Waals surface area contributed by atoms with Gasteiger partial charge in [0.1, 0.15) is 0 Å². The molecule has 4 heteroatoms. The molecule has 0 fully saturated rings. The summed E-state index contributed by atoms with van der Waals surface area (Å²) in [6.45, 7) is 5.72. The fourth-order valence-electron chi connectivity index (χ4n) is 1.24.